The van der Waals surface area contributed by atoms with Gasteiger partial charge in [0, 0.05) is 32.1 Å². The first kappa shape index (κ1) is 16.4. The Hall–Kier alpha value is -0.610. The van der Waals surface area contributed by atoms with E-state index in [1.807, 2.05) is 11.8 Å². The quantitative estimate of drug-likeness (QED) is 0.765. The summed E-state index contributed by atoms with van der Waals surface area (Å²) in [5, 5.41) is 0. The maximum absolute atomic E-state index is 11.9. The lowest BCUT2D eigenvalue weighted by Crippen LogP contribution is -2.42. The van der Waals surface area contributed by atoms with E-state index in [0.717, 1.165) is 31.8 Å². The van der Waals surface area contributed by atoms with E-state index in [-0.39, 0.29) is 11.9 Å². The molecule has 1 aliphatic rings. The molecule has 0 spiro atoms. The molecular weight excluding hydrogens is 238 g/mol. The second-order valence-corrected chi connectivity index (χ2v) is 6.12. The first-order valence-electron chi connectivity index (χ1n) is 7.74. The molecule has 0 aromatic carbocycles. The molecule has 19 heavy (non-hydrogen) atoms. The van der Waals surface area contributed by atoms with Gasteiger partial charge in [-0.15, -0.1) is 0 Å². The Kier molecular flexibility index (Phi) is 7.39. The summed E-state index contributed by atoms with van der Waals surface area (Å²) in [5.74, 6) is 0.981. The molecule has 1 fully saturated rings. The Labute approximate surface area is 118 Å². The van der Waals surface area contributed by atoms with Crippen molar-refractivity contribution in [2.24, 2.45) is 11.7 Å². The van der Waals surface area contributed by atoms with Crippen LogP contribution in [0.4, 0.5) is 0 Å². The third-order valence-electron chi connectivity index (χ3n) is 3.93. The van der Waals surface area contributed by atoms with Gasteiger partial charge < -0.3 is 15.5 Å². The van der Waals surface area contributed by atoms with Crippen molar-refractivity contribution in [3.63, 3.8) is 0 Å². The van der Waals surface area contributed by atoms with Crippen LogP contribution in [0, 0.1) is 5.92 Å². The van der Waals surface area contributed by atoms with Crippen LogP contribution in [-0.4, -0.2) is 55.0 Å². The number of hydrogen-bond acceptors (Lipinski definition) is 3. The van der Waals surface area contributed by atoms with Crippen LogP contribution in [0.3, 0.4) is 0 Å². The lowest BCUT2D eigenvalue weighted by molar-refractivity contribution is -0.132. The van der Waals surface area contributed by atoms with Crippen LogP contribution < -0.4 is 5.73 Å². The van der Waals surface area contributed by atoms with Gasteiger partial charge in [0.15, 0.2) is 0 Å². The van der Waals surface area contributed by atoms with Crippen molar-refractivity contribution in [2.45, 2.75) is 52.0 Å². The Morgan fingerprint density at radius 3 is 2.58 bits per heavy atom. The Bertz CT molecular complexity index is 260. The van der Waals surface area contributed by atoms with Crippen LogP contribution in [0.15, 0.2) is 0 Å². The smallest absolute Gasteiger partial charge is 0.224 e. The van der Waals surface area contributed by atoms with Crippen molar-refractivity contribution in [3.05, 3.63) is 0 Å². The summed E-state index contributed by atoms with van der Waals surface area (Å²) in [6, 6.07) is -0.0228. The third kappa shape index (κ3) is 6.39. The second kappa shape index (κ2) is 8.54. The highest BCUT2D eigenvalue weighted by molar-refractivity contribution is 5.76. The molecule has 1 heterocycles. The molecule has 1 unspecified atom stereocenters. The van der Waals surface area contributed by atoms with E-state index in [0.29, 0.717) is 6.42 Å². The number of nitrogens with two attached hydrogens (primary N) is 1. The summed E-state index contributed by atoms with van der Waals surface area (Å²) in [5.41, 5.74) is 5.69. The molecule has 1 saturated heterocycles. The zero-order chi connectivity index (χ0) is 14.3. The fourth-order valence-electron chi connectivity index (χ4n) is 2.73. The van der Waals surface area contributed by atoms with Gasteiger partial charge in [0.25, 0.3) is 0 Å². The molecule has 112 valence electrons. The number of hydrogen-bond donors (Lipinski definition) is 1. The highest BCUT2D eigenvalue weighted by Gasteiger charge is 2.23. The maximum atomic E-state index is 11.9. The summed E-state index contributed by atoms with van der Waals surface area (Å²) < 4.78 is 0. The average molecular weight is 269 g/mol. The molecule has 4 nitrogen and oxygen atoms in total. The SMILES string of the molecule is CCCCN(C)CC1CCN(C(=O)CC(C)N)CC1. The lowest BCUT2D eigenvalue weighted by atomic mass is 9.96. The number of nitrogens with zero attached hydrogens (tertiary/aromatic N) is 2. The summed E-state index contributed by atoms with van der Waals surface area (Å²) in [4.78, 5) is 16.3. The molecule has 1 aliphatic heterocycles. The van der Waals surface area contributed by atoms with E-state index in [2.05, 4.69) is 18.9 Å². The van der Waals surface area contributed by atoms with Crippen molar-refractivity contribution >= 4 is 5.91 Å². The molecule has 1 amide bonds. The fraction of sp³-hybridized carbons (Fsp3) is 0.933. The number of unbranched alkanes of at least 4 members (excludes halogenated alkanes) is 1. The van der Waals surface area contributed by atoms with Gasteiger partial charge in [0.05, 0.1) is 0 Å². The van der Waals surface area contributed by atoms with Gasteiger partial charge in [-0.05, 0) is 45.7 Å². The molecule has 1 rings (SSSR count). The average Bonchev–Trinajstić information content (AvgIpc) is 2.36. The Morgan fingerprint density at radius 2 is 2.05 bits per heavy atom. The minimum atomic E-state index is -0.0228. The number of likely N-dealkylation sites (tertiary alicyclic amines) is 1. The van der Waals surface area contributed by atoms with Crippen LogP contribution in [0.25, 0.3) is 0 Å². The number of amides is 1. The van der Waals surface area contributed by atoms with Gasteiger partial charge >= 0.3 is 0 Å². The lowest BCUT2D eigenvalue weighted by Gasteiger charge is -2.34. The van der Waals surface area contributed by atoms with Crippen molar-refractivity contribution in [1.82, 2.24) is 9.80 Å². The molecule has 0 saturated carbocycles. The highest BCUT2D eigenvalue weighted by atomic mass is 16.2. The summed E-state index contributed by atoms with van der Waals surface area (Å²) in [6.45, 7) is 8.33. The van der Waals surface area contributed by atoms with Crippen molar-refractivity contribution in [1.29, 1.82) is 0 Å². The van der Waals surface area contributed by atoms with Crippen LogP contribution >= 0.6 is 0 Å². The molecule has 0 aromatic rings. The summed E-state index contributed by atoms with van der Waals surface area (Å²) in [6.07, 6.45) is 5.31. The van der Waals surface area contributed by atoms with Crippen LogP contribution in [0.2, 0.25) is 0 Å². The molecule has 0 bridgehead atoms. The minimum Gasteiger partial charge on any atom is -0.343 e. The number of piperidine rings is 1. The molecular formula is C15H31N3O. The molecule has 1 atom stereocenters. The van der Waals surface area contributed by atoms with Crippen LogP contribution in [0.5, 0.6) is 0 Å². The van der Waals surface area contributed by atoms with E-state index in [1.165, 1.54) is 25.9 Å². The summed E-state index contributed by atoms with van der Waals surface area (Å²) >= 11 is 0. The fourth-order valence-corrected chi connectivity index (χ4v) is 2.73. The van der Waals surface area contributed by atoms with E-state index < -0.39 is 0 Å². The molecule has 2 N–H and O–H groups in total. The topological polar surface area (TPSA) is 49.6 Å². The van der Waals surface area contributed by atoms with Gasteiger partial charge in [-0.2, -0.15) is 0 Å². The third-order valence-corrected chi connectivity index (χ3v) is 3.93. The van der Waals surface area contributed by atoms with Gasteiger partial charge in [-0.1, -0.05) is 13.3 Å². The second-order valence-electron chi connectivity index (χ2n) is 6.12. The molecule has 4 heteroatoms. The van der Waals surface area contributed by atoms with Crippen molar-refractivity contribution in [2.75, 3.05) is 33.2 Å². The van der Waals surface area contributed by atoms with Gasteiger partial charge in [0.2, 0.25) is 5.91 Å². The van der Waals surface area contributed by atoms with E-state index >= 15 is 0 Å². The largest absolute Gasteiger partial charge is 0.343 e. The normalized spacial score (nSPS) is 18.9. The predicted octanol–water partition coefficient (Wildman–Crippen LogP) is 1.69. The standard InChI is InChI=1S/C15H31N3O/c1-4-5-8-17(3)12-14-6-9-18(10-7-14)15(19)11-13(2)16/h13-14H,4-12,16H2,1-3H3. The van der Waals surface area contributed by atoms with E-state index in [4.69, 9.17) is 5.73 Å². The van der Waals surface area contributed by atoms with E-state index in [1.54, 1.807) is 0 Å². The van der Waals surface area contributed by atoms with Crippen LogP contribution in [-0.2, 0) is 4.79 Å². The maximum Gasteiger partial charge on any atom is 0.224 e. The Morgan fingerprint density at radius 1 is 1.42 bits per heavy atom. The minimum absolute atomic E-state index is 0.0228. The molecule has 0 aliphatic carbocycles. The van der Waals surface area contributed by atoms with Crippen LogP contribution in [0.1, 0.15) is 46.0 Å². The first-order valence-corrected chi connectivity index (χ1v) is 7.74. The van der Waals surface area contributed by atoms with Gasteiger partial charge in [0.1, 0.15) is 0 Å². The monoisotopic (exact) mass is 269 g/mol. The van der Waals surface area contributed by atoms with Gasteiger partial charge in [-0.3, -0.25) is 4.79 Å². The van der Waals surface area contributed by atoms with Gasteiger partial charge in [-0.25, -0.2) is 0 Å². The first-order chi connectivity index (χ1) is 9.02. The predicted molar refractivity (Wildman–Crippen MR) is 80.0 cm³/mol. The number of rotatable bonds is 7. The molecule has 0 aromatic heterocycles. The Balaban J connectivity index is 2.23. The van der Waals surface area contributed by atoms with Crippen molar-refractivity contribution in [3.8, 4) is 0 Å². The van der Waals surface area contributed by atoms with E-state index in [9.17, 15) is 4.79 Å². The molecule has 0 radical (unpaired) electrons. The summed E-state index contributed by atoms with van der Waals surface area (Å²) in [7, 11) is 2.21. The zero-order valence-corrected chi connectivity index (χ0v) is 12.9. The number of carbonyl (C=O) groups excluding carboxylic acids is 1. The number of carbonyl (C=O) groups is 1. The van der Waals surface area contributed by atoms with Crippen molar-refractivity contribution < 1.29 is 4.79 Å². The zero-order valence-electron chi connectivity index (χ0n) is 12.9. The highest BCUT2D eigenvalue weighted by Crippen LogP contribution is 2.19.